The van der Waals surface area contributed by atoms with Gasteiger partial charge in [0, 0.05) is 98.3 Å². The minimum Gasteiger partial charge on any atom is -0.493 e. The lowest BCUT2D eigenvalue weighted by Crippen LogP contribution is -2.51. The molecule has 11 fully saturated rings. The van der Waals surface area contributed by atoms with Crippen LogP contribution in [-0.2, 0) is 68.3 Å². The van der Waals surface area contributed by atoms with Gasteiger partial charge in [0.25, 0.3) is 0 Å². The third kappa shape index (κ3) is 27.2. The fourth-order valence-electron chi connectivity index (χ4n) is 21.7. The number of thiophene rings is 1. The highest BCUT2D eigenvalue weighted by atomic mass is 79.9. The van der Waals surface area contributed by atoms with Crippen molar-refractivity contribution >= 4 is 48.1 Å². The molecule has 12 aliphatic rings. The Morgan fingerprint density at radius 3 is 1.28 bits per heavy atom. The molecule has 119 heavy (non-hydrogen) atoms. The van der Waals surface area contributed by atoms with Crippen molar-refractivity contribution < 1.29 is 52.1 Å². The average Bonchev–Trinajstić information content (AvgIpc) is 1.63. The van der Waals surface area contributed by atoms with Crippen LogP contribution in [0.5, 0.6) is 11.5 Å². The number of rotatable bonds is 27. The van der Waals surface area contributed by atoms with Crippen molar-refractivity contribution in [2.45, 2.75) is 247 Å². The Labute approximate surface area is 727 Å². The fourth-order valence-corrected chi connectivity index (χ4v) is 23.0. The van der Waals surface area contributed by atoms with Crippen molar-refractivity contribution in [2.24, 2.45) is 17.8 Å². The first-order valence-corrected chi connectivity index (χ1v) is 48.9. The van der Waals surface area contributed by atoms with Crippen LogP contribution in [0.15, 0.2) is 143 Å². The van der Waals surface area contributed by atoms with E-state index in [1.807, 2.05) is 23.5 Å². The summed E-state index contributed by atoms with van der Waals surface area (Å²) in [6, 6.07) is 41.9. The molecule has 0 spiro atoms. The van der Waals surface area contributed by atoms with Crippen molar-refractivity contribution in [3.8, 4) is 11.5 Å². The molecular formula is C101H146BrN5O11S. The maximum absolute atomic E-state index is 6.47. The van der Waals surface area contributed by atoms with E-state index in [4.69, 9.17) is 52.1 Å². The summed E-state index contributed by atoms with van der Waals surface area (Å²) in [7, 11) is 3.34. The Balaban J connectivity index is 0.000000122. The lowest BCUT2D eigenvalue weighted by atomic mass is 9.85. The molecule has 6 aromatic rings. The summed E-state index contributed by atoms with van der Waals surface area (Å²) in [5.74, 6) is 3.97. The van der Waals surface area contributed by atoms with Crippen molar-refractivity contribution in [3.05, 3.63) is 166 Å². The third-order valence-corrected chi connectivity index (χ3v) is 29.6. The van der Waals surface area contributed by atoms with E-state index in [9.17, 15) is 0 Å². The van der Waals surface area contributed by atoms with E-state index in [0.717, 1.165) is 198 Å². The molecule has 5 aliphatic heterocycles. The highest BCUT2D eigenvalue weighted by Gasteiger charge is 2.39. The number of nitrogens with zero attached hydrogens (tertiary/aromatic N) is 5. The molecule has 0 radical (unpaired) electrons. The van der Waals surface area contributed by atoms with E-state index < -0.39 is 0 Å². The molecule has 5 saturated heterocycles. The summed E-state index contributed by atoms with van der Waals surface area (Å²) < 4.78 is 67.2. The fraction of sp³-hybridized carbons (Fsp3) is 0.663. The molecule has 7 aliphatic carbocycles. The molecule has 654 valence electrons. The number of ether oxygens (including phenoxy) is 11. The zero-order valence-electron chi connectivity index (χ0n) is 72.6. The highest BCUT2D eigenvalue weighted by molar-refractivity contribution is 9.10. The zero-order chi connectivity index (χ0) is 81.3. The molecule has 5 aromatic carbocycles. The minimum atomic E-state index is 0.354. The molecular weight excluding hydrogens is 1570 g/mol. The van der Waals surface area contributed by atoms with Gasteiger partial charge in [-0.2, -0.15) is 0 Å². The van der Waals surface area contributed by atoms with Gasteiger partial charge < -0.3 is 52.1 Å². The first-order chi connectivity index (χ1) is 58.9. The van der Waals surface area contributed by atoms with Crippen LogP contribution in [0.25, 0.3) is 20.9 Å². The topological polar surface area (TPSA) is 118 Å². The summed E-state index contributed by atoms with van der Waals surface area (Å²) in [6.07, 6.45) is 47.9. The Bertz CT molecular complexity index is 3910. The second kappa shape index (κ2) is 49.9. The molecule has 0 bridgehead atoms. The molecule has 18 heteroatoms. The van der Waals surface area contributed by atoms with Gasteiger partial charge in [0.1, 0.15) is 0 Å². The van der Waals surface area contributed by atoms with Gasteiger partial charge in [-0.15, -0.1) is 11.3 Å². The summed E-state index contributed by atoms with van der Waals surface area (Å²) in [5.41, 5.74) is 5.40. The van der Waals surface area contributed by atoms with Crippen LogP contribution in [0.3, 0.4) is 0 Å². The van der Waals surface area contributed by atoms with Gasteiger partial charge in [-0.1, -0.05) is 177 Å². The Morgan fingerprint density at radius 1 is 0.361 bits per heavy atom. The summed E-state index contributed by atoms with van der Waals surface area (Å²) >= 11 is 5.36. The standard InChI is InChI=1S/C22H29NO.C21H33NO2.C20H31NO4.C20H27NO2S.C18H26BrNO2/c1-2-11-20-18(8-1)9-7-10-19(20)14-17-24-22-13-4-3-12-21(22)23-15-5-6-16-23;1-2-6-19-17(5-1)9-10-18(19)11-14-24-21-8-4-3-7-20(21)22-12-15-23-16-13-22;1-22-19-8-7-16(15-20(19)23-2)9-12-25-18-6-4-3-5-17(18)21-10-13-24-14-11-21;1-2-6-19(18(5-1)21-10-13-22-14-11-21)23-12-8-16-4-3-7-20-17(16)9-15-24-20;19-16-5-3-4-15(14-16)8-11-22-18-7-2-1-6-17(18)20-9-12-21-13-10-20/h1-2,7-11,21-22H,3-6,12-17H2;1-2,5-6,17-21H,3-4,7-16H2;7-8,15,17-18H,3-6,9-14H2,1-2H3;3-4,7,9,15,18-19H,1-2,5-6,8,10-14H2;3-5,14,17-18H,1-2,6-13H2/t21?,22-;17?,18?,19?,20?,21-;17?,18-;18?,19-;17?,18-/m00000/s1. The van der Waals surface area contributed by atoms with Gasteiger partial charge >= 0.3 is 0 Å². The van der Waals surface area contributed by atoms with Crippen LogP contribution < -0.4 is 9.47 Å². The largest absolute Gasteiger partial charge is 0.493 e. The van der Waals surface area contributed by atoms with Gasteiger partial charge in [0.05, 0.1) is 124 Å². The Kier molecular flexibility index (Phi) is 37.9. The first kappa shape index (κ1) is 90.6. The first-order valence-electron chi connectivity index (χ1n) is 47.2. The normalized spacial score (nSPS) is 28.6. The van der Waals surface area contributed by atoms with Crippen molar-refractivity contribution in [2.75, 3.05) is 166 Å². The lowest BCUT2D eigenvalue weighted by Gasteiger charge is -2.41. The van der Waals surface area contributed by atoms with Crippen molar-refractivity contribution in [1.29, 1.82) is 0 Å². The Morgan fingerprint density at radius 2 is 0.782 bits per heavy atom. The summed E-state index contributed by atoms with van der Waals surface area (Å²) in [6.45, 7) is 22.3. The van der Waals surface area contributed by atoms with Crippen LogP contribution in [0.4, 0.5) is 0 Å². The molecule has 0 amide bonds. The molecule has 0 N–H and O–H groups in total. The summed E-state index contributed by atoms with van der Waals surface area (Å²) in [4.78, 5) is 13.1. The quantitative estimate of drug-likeness (QED) is 0.0486. The smallest absolute Gasteiger partial charge is 0.160 e. The molecule has 16 nitrogen and oxygen atoms in total. The predicted molar refractivity (Wildman–Crippen MR) is 487 cm³/mol. The van der Waals surface area contributed by atoms with Crippen LogP contribution in [0, 0.1) is 17.8 Å². The molecule has 8 unspecified atom stereocenters. The molecule has 1 aromatic heterocycles. The number of halogens is 1. The second-order valence-electron chi connectivity index (χ2n) is 35.5. The van der Waals surface area contributed by atoms with Gasteiger partial charge in [0.15, 0.2) is 11.5 Å². The van der Waals surface area contributed by atoms with Crippen LogP contribution in [-0.4, -0.2) is 251 Å². The molecule has 18 rings (SSSR count). The van der Waals surface area contributed by atoms with E-state index in [0.29, 0.717) is 60.7 Å². The number of hydrogen-bond acceptors (Lipinski definition) is 17. The van der Waals surface area contributed by atoms with Gasteiger partial charge in [-0.3, -0.25) is 24.5 Å². The van der Waals surface area contributed by atoms with E-state index in [1.165, 1.54) is 217 Å². The zero-order valence-corrected chi connectivity index (χ0v) is 75.0. The highest BCUT2D eigenvalue weighted by Crippen LogP contribution is 2.43. The Hall–Kier alpha value is -4.68. The molecule has 6 saturated carbocycles. The van der Waals surface area contributed by atoms with Crippen LogP contribution in [0.2, 0.25) is 0 Å². The predicted octanol–water partition coefficient (Wildman–Crippen LogP) is 19.3. The maximum atomic E-state index is 6.47. The number of hydrogen-bond donors (Lipinski definition) is 0. The number of allylic oxidation sites excluding steroid dienone is 4. The number of likely N-dealkylation sites (tertiary alicyclic amines) is 1. The van der Waals surface area contributed by atoms with Gasteiger partial charge in [0.2, 0.25) is 0 Å². The number of morpholine rings is 4. The van der Waals surface area contributed by atoms with Crippen molar-refractivity contribution in [1.82, 2.24) is 24.5 Å². The number of benzene rings is 5. The molecule has 13 atom stereocenters. The van der Waals surface area contributed by atoms with E-state index in [2.05, 4.69) is 167 Å². The van der Waals surface area contributed by atoms with E-state index >= 15 is 0 Å². The SMILES string of the molecule is Brc1cccc(CCO[C@H]2CCCCC2N2CCOCC2)c1.C1=CC2CCC(CCO[C@H]3CCCCC3N3CCOCC3)C2C=C1.COc1ccc(CCO[C@H]2CCCCC2N2CCOCC2)cc1OC.c1cc(CCO[C@H]2CCCCC2N2CCOCC2)c2ccsc2c1.c1ccc2c(CCO[C@H]3CCCCC3N3CCCC3)cccc2c1. The maximum Gasteiger partial charge on any atom is 0.160 e. The van der Waals surface area contributed by atoms with Gasteiger partial charge in [-0.25, -0.2) is 0 Å². The van der Waals surface area contributed by atoms with E-state index in [-0.39, 0.29) is 0 Å². The van der Waals surface area contributed by atoms with Gasteiger partial charge in [-0.05, 0) is 233 Å². The lowest BCUT2D eigenvalue weighted by molar-refractivity contribution is -0.0680. The second-order valence-corrected chi connectivity index (χ2v) is 37.3. The molecule has 6 heterocycles. The number of methoxy groups -OCH3 is 2. The monoisotopic (exact) mass is 1720 g/mol. The summed E-state index contributed by atoms with van der Waals surface area (Å²) in [5, 5.41) is 6.30. The minimum absolute atomic E-state index is 0.354. The third-order valence-electron chi connectivity index (χ3n) is 28.2. The van der Waals surface area contributed by atoms with Crippen molar-refractivity contribution in [3.63, 3.8) is 0 Å². The van der Waals surface area contributed by atoms with Crippen LogP contribution >= 0.6 is 27.3 Å². The number of fused-ring (bicyclic) bond motifs is 3. The van der Waals surface area contributed by atoms with Crippen LogP contribution in [0.1, 0.15) is 183 Å². The van der Waals surface area contributed by atoms with E-state index in [1.54, 1.807) is 14.2 Å². The average molecular weight is 1720 g/mol.